The zero-order valence-electron chi connectivity index (χ0n) is 12.5. The lowest BCUT2D eigenvalue weighted by Gasteiger charge is -2.28. The van der Waals surface area contributed by atoms with Crippen molar-refractivity contribution in [3.8, 4) is 0 Å². The monoisotopic (exact) mass is 301 g/mol. The molecule has 20 heavy (non-hydrogen) atoms. The second kappa shape index (κ2) is 9.27. The maximum atomic E-state index is 11.8. The molecule has 0 saturated heterocycles. The number of carboxylic acid groups (broad SMARTS) is 1. The molecule has 1 saturated carbocycles. The Balaban J connectivity index is 2.38. The van der Waals surface area contributed by atoms with E-state index in [0.29, 0.717) is 18.6 Å². The van der Waals surface area contributed by atoms with Crippen molar-refractivity contribution >= 4 is 23.6 Å². The van der Waals surface area contributed by atoms with Gasteiger partial charge in [-0.15, -0.1) is 0 Å². The van der Waals surface area contributed by atoms with Crippen LogP contribution < -0.4 is 5.32 Å². The number of thioether (sulfide) groups is 1. The fraction of sp³-hybridized carbons (Fsp3) is 0.867. The molecule has 0 aromatic heterocycles. The molecular weight excluding hydrogens is 274 g/mol. The molecule has 0 bridgehead atoms. The van der Waals surface area contributed by atoms with Gasteiger partial charge in [0.15, 0.2) is 0 Å². The molecule has 5 heteroatoms. The van der Waals surface area contributed by atoms with Crippen LogP contribution in [0.15, 0.2) is 0 Å². The van der Waals surface area contributed by atoms with E-state index in [2.05, 4.69) is 12.2 Å². The van der Waals surface area contributed by atoms with E-state index in [1.807, 2.05) is 0 Å². The largest absolute Gasteiger partial charge is 0.481 e. The molecule has 116 valence electrons. The molecule has 1 aliphatic rings. The Kier molecular flexibility index (Phi) is 8.04. The number of nitrogens with one attached hydrogen (secondary N) is 1. The molecule has 0 heterocycles. The lowest BCUT2D eigenvalue weighted by Crippen LogP contribution is -2.43. The second-order valence-corrected chi connectivity index (χ2v) is 6.79. The zero-order valence-corrected chi connectivity index (χ0v) is 13.3. The average Bonchev–Trinajstić information content (AvgIpc) is 2.68. The van der Waals surface area contributed by atoms with Gasteiger partial charge in [-0.05, 0) is 25.0 Å². The lowest BCUT2D eigenvalue weighted by molar-refractivity contribution is -0.149. The number of unbranched alkanes of at least 4 members (excludes halogenated alkanes) is 1. The first-order chi connectivity index (χ1) is 9.60. The highest BCUT2D eigenvalue weighted by atomic mass is 32.2. The van der Waals surface area contributed by atoms with Crippen LogP contribution in [-0.4, -0.2) is 35.0 Å². The van der Waals surface area contributed by atoms with Crippen molar-refractivity contribution in [1.29, 1.82) is 0 Å². The molecule has 0 aromatic carbocycles. The summed E-state index contributed by atoms with van der Waals surface area (Å²) >= 11 is 1.62. The lowest BCUT2D eigenvalue weighted by atomic mass is 9.80. The Morgan fingerprint density at radius 1 is 1.20 bits per heavy atom. The van der Waals surface area contributed by atoms with Crippen molar-refractivity contribution in [2.24, 2.45) is 5.41 Å². The molecule has 1 aliphatic carbocycles. The second-order valence-electron chi connectivity index (χ2n) is 5.68. The third kappa shape index (κ3) is 5.73. The van der Waals surface area contributed by atoms with E-state index < -0.39 is 11.4 Å². The summed E-state index contributed by atoms with van der Waals surface area (Å²) in [6, 6.07) is 0. The van der Waals surface area contributed by atoms with Gasteiger partial charge in [0.2, 0.25) is 5.91 Å². The van der Waals surface area contributed by atoms with Crippen LogP contribution in [0, 0.1) is 5.41 Å². The summed E-state index contributed by atoms with van der Waals surface area (Å²) in [4.78, 5) is 23.4. The first-order valence-corrected chi connectivity index (χ1v) is 8.84. The quantitative estimate of drug-likeness (QED) is 0.534. The highest BCUT2D eigenvalue weighted by Gasteiger charge is 2.38. The van der Waals surface area contributed by atoms with Crippen LogP contribution >= 0.6 is 11.8 Å². The van der Waals surface area contributed by atoms with Gasteiger partial charge in [0.05, 0.1) is 11.2 Å². The first kappa shape index (κ1) is 17.3. The van der Waals surface area contributed by atoms with E-state index in [1.54, 1.807) is 11.8 Å². The van der Waals surface area contributed by atoms with Crippen molar-refractivity contribution in [3.63, 3.8) is 0 Å². The minimum Gasteiger partial charge on any atom is -0.481 e. The van der Waals surface area contributed by atoms with Gasteiger partial charge in [0, 0.05) is 6.54 Å². The van der Waals surface area contributed by atoms with Crippen molar-refractivity contribution in [3.05, 3.63) is 0 Å². The standard InChI is InChI=1S/C15H27NO3S/c1-2-3-10-20-11-13(17)16-12-15(14(18)19)8-6-4-5-7-9-15/h2-12H2,1H3,(H,16,17)(H,18,19). The molecule has 0 aromatic rings. The van der Waals surface area contributed by atoms with Gasteiger partial charge in [0.25, 0.3) is 0 Å². The van der Waals surface area contributed by atoms with Crippen LogP contribution in [0.1, 0.15) is 58.3 Å². The van der Waals surface area contributed by atoms with Crippen LogP contribution in [-0.2, 0) is 9.59 Å². The number of carbonyl (C=O) groups excluding carboxylic acids is 1. The highest BCUT2D eigenvalue weighted by molar-refractivity contribution is 7.99. The minimum absolute atomic E-state index is 0.0315. The summed E-state index contributed by atoms with van der Waals surface area (Å²) in [5.41, 5.74) is -0.736. The third-order valence-electron chi connectivity index (χ3n) is 4.01. The number of hydrogen-bond donors (Lipinski definition) is 2. The molecule has 1 rings (SSSR count). The van der Waals surface area contributed by atoms with E-state index in [0.717, 1.165) is 44.3 Å². The maximum Gasteiger partial charge on any atom is 0.311 e. The van der Waals surface area contributed by atoms with Crippen LogP contribution in [0.3, 0.4) is 0 Å². The van der Waals surface area contributed by atoms with E-state index in [9.17, 15) is 14.7 Å². The van der Waals surface area contributed by atoms with E-state index >= 15 is 0 Å². The van der Waals surface area contributed by atoms with Crippen LogP contribution in [0.5, 0.6) is 0 Å². The highest BCUT2D eigenvalue weighted by Crippen LogP contribution is 2.34. The predicted octanol–water partition coefficient (Wildman–Crippen LogP) is 3.06. The SMILES string of the molecule is CCCCSCC(=O)NCC1(C(=O)O)CCCCCC1. The van der Waals surface area contributed by atoms with Crippen LogP contribution in [0.2, 0.25) is 0 Å². The molecule has 0 aliphatic heterocycles. The summed E-state index contributed by atoms with van der Waals surface area (Å²) in [6.07, 6.45) is 7.75. The maximum absolute atomic E-state index is 11.8. The zero-order chi connectivity index (χ0) is 14.8. The Morgan fingerprint density at radius 3 is 2.40 bits per heavy atom. The topological polar surface area (TPSA) is 66.4 Å². The molecule has 1 amide bonds. The Morgan fingerprint density at radius 2 is 1.85 bits per heavy atom. The van der Waals surface area contributed by atoms with Gasteiger partial charge >= 0.3 is 5.97 Å². The smallest absolute Gasteiger partial charge is 0.311 e. The van der Waals surface area contributed by atoms with E-state index in [4.69, 9.17) is 0 Å². The van der Waals surface area contributed by atoms with Crippen LogP contribution in [0.25, 0.3) is 0 Å². The Hall–Kier alpha value is -0.710. The normalized spacial score (nSPS) is 18.2. The molecule has 4 nitrogen and oxygen atoms in total. The molecule has 0 unspecified atom stereocenters. The Labute approximate surface area is 126 Å². The van der Waals surface area contributed by atoms with Gasteiger partial charge < -0.3 is 10.4 Å². The third-order valence-corrected chi connectivity index (χ3v) is 5.06. The number of rotatable bonds is 8. The number of aliphatic carboxylic acids is 1. The van der Waals surface area contributed by atoms with Gasteiger partial charge in [-0.1, -0.05) is 39.0 Å². The molecule has 0 radical (unpaired) electrons. The van der Waals surface area contributed by atoms with Gasteiger partial charge in [0.1, 0.15) is 0 Å². The Bertz CT molecular complexity index is 312. The van der Waals surface area contributed by atoms with E-state index in [1.165, 1.54) is 0 Å². The average molecular weight is 301 g/mol. The summed E-state index contributed by atoms with van der Waals surface area (Å²) in [6.45, 7) is 2.42. The number of hydrogen-bond acceptors (Lipinski definition) is 3. The molecule has 0 atom stereocenters. The first-order valence-electron chi connectivity index (χ1n) is 7.68. The number of carboxylic acids is 1. The minimum atomic E-state index is -0.752. The van der Waals surface area contributed by atoms with Gasteiger partial charge in [-0.2, -0.15) is 11.8 Å². The molecule has 0 spiro atoms. The predicted molar refractivity (Wildman–Crippen MR) is 83.0 cm³/mol. The fourth-order valence-electron chi connectivity index (χ4n) is 2.60. The summed E-state index contributed by atoms with van der Waals surface area (Å²) in [5.74, 6) is 0.651. The summed E-state index contributed by atoms with van der Waals surface area (Å²) in [7, 11) is 0. The molecular formula is C15H27NO3S. The molecule has 1 fully saturated rings. The van der Waals surface area contributed by atoms with Gasteiger partial charge in [-0.3, -0.25) is 9.59 Å². The van der Waals surface area contributed by atoms with Crippen molar-refractivity contribution < 1.29 is 14.7 Å². The summed E-state index contributed by atoms with van der Waals surface area (Å²) < 4.78 is 0. The number of carbonyl (C=O) groups is 2. The summed E-state index contributed by atoms with van der Waals surface area (Å²) in [5, 5.41) is 12.4. The van der Waals surface area contributed by atoms with Gasteiger partial charge in [-0.25, -0.2) is 0 Å². The van der Waals surface area contributed by atoms with Crippen molar-refractivity contribution in [2.75, 3.05) is 18.1 Å². The van der Waals surface area contributed by atoms with Crippen molar-refractivity contribution in [2.45, 2.75) is 58.3 Å². The number of amides is 1. The van der Waals surface area contributed by atoms with Crippen molar-refractivity contribution in [1.82, 2.24) is 5.32 Å². The van der Waals surface area contributed by atoms with E-state index in [-0.39, 0.29) is 12.5 Å². The fourth-order valence-corrected chi connectivity index (χ4v) is 3.53. The van der Waals surface area contributed by atoms with Crippen LogP contribution in [0.4, 0.5) is 0 Å². The molecule has 2 N–H and O–H groups in total.